The summed E-state index contributed by atoms with van der Waals surface area (Å²) in [6, 6.07) is 14.3. The van der Waals surface area contributed by atoms with E-state index >= 15 is 0 Å². The standard InChI is InChI=1S/C30H36O4S/c1-7-8-16-34-28(31)24-11-9-10-21-18-22(12-13-23(21)24)35(32,33)27-19-26-25(17-20(27)2)29(3,4)14-15-30(26,5)6/h9-13,17-19H,7-8,14-16H2,1-6H3. The van der Waals surface area contributed by atoms with E-state index in [0.29, 0.717) is 27.8 Å². The van der Waals surface area contributed by atoms with Crippen LogP contribution in [0.1, 0.15) is 87.4 Å². The maximum absolute atomic E-state index is 13.9. The Morgan fingerprint density at radius 1 is 0.943 bits per heavy atom. The zero-order chi connectivity index (χ0) is 25.6. The summed E-state index contributed by atoms with van der Waals surface area (Å²) >= 11 is 0. The first-order valence-corrected chi connectivity index (χ1v) is 14.0. The van der Waals surface area contributed by atoms with Gasteiger partial charge < -0.3 is 4.74 Å². The second-order valence-corrected chi connectivity index (χ2v) is 13.0. The quantitative estimate of drug-likeness (QED) is 0.268. The zero-order valence-electron chi connectivity index (χ0n) is 21.7. The van der Waals surface area contributed by atoms with E-state index in [1.165, 1.54) is 5.56 Å². The van der Waals surface area contributed by atoms with Crippen molar-refractivity contribution in [2.45, 2.75) is 87.8 Å². The maximum atomic E-state index is 13.9. The van der Waals surface area contributed by atoms with Gasteiger partial charge in [0.25, 0.3) is 0 Å². The van der Waals surface area contributed by atoms with E-state index in [1.807, 2.05) is 26.0 Å². The number of unbranched alkanes of at least 4 members (excludes halogenated alkanes) is 1. The predicted molar refractivity (Wildman–Crippen MR) is 141 cm³/mol. The summed E-state index contributed by atoms with van der Waals surface area (Å²) < 4.78 is 33.1. The molecule has 3 aromatic carbocycles. The molecule has 0 atom stereocenters. The average Bonchev–Trinajstić information content (AvgIpc) is 2.81. The van der Waals surface area contributed by atoms with E-state index in [-0.39, 0.29) is 21.7 Å². The Labute approximate surface area is 209 Å². The molecule has 0 saturated carbocycles. The molecule has 0 aromatic heterocycles. The van der Waals surface area contributed by atoms with Crippen molar-refractivity contribution in [1.82, 2.24) is 0 Å². The fourth-order valence-corrected chi connectivity index (χ4v) is 6.65. The molecule has 0 heterocycles. The van der Waals surface area contributed by atoms with Gasteiger partial charge in [0.2, 0.25) is 9.84 Å². The third-order valence-electron chi connectivity index (χ3n) is 7.55. The Morgan fingerprint density at radius 2 is 1.60 bits per heavy atom. The molecule has 4 nitrogen and oxygen atoms in total. The number of hydrogen-bond acceptors (Lipinski definition) is 4. The van der Waals surface area contributed by atoms with Gasteiger partial charge in [0.05, 0.1) is 22.0 Å². The Kier molecular flexibility index (Phi) is 6.60. The molecule has 1 aliphatic carbocycles. The van der Waals surface area contributed by atoms with Crippen LogP contribution in [0.25, 0.3) is 10.8 Å². The summed E-state index contributed by atoms with van der Waals surface area (Å²) in [6.07, 6.45) is 3.85. The molecular formula is C30H36O4S. The van der Waals surface area contributed by atoms with Crippen LogP contribution in [-0.4, -0.2) is 21.0 Å². The normalized spacial score (nSPS) is 16.6. The molecule has 186 valence electrons. The van der Waals surface area contributed by atoms with Gasteiger partial charge in [-0.2, -0.15) is 0 Å². The molecule has 3 aromatic rings. The Morgan fingerprint density at radius 3 is 2.26 bits per heavy atom. The van der Waals surface area contributed by atoms with Gasteiger partial charge in [0.15, 0.2) is 0 Å². The summed E-state index contributed by atoms with van der Waals surface area (Å²) in [4.78, 5) is 13.2. The van der Waals surface area contributed by atoms with Gasteiger partial charge in [-0.05, 0) is 88.7 Å². The lowest BCUT2D eigenvalue weighted by atomic mass is 9.63. The molecule has 1 aliphatic rings. The van der Waals surface area contributed by atoms with E-state index < -0.39 is 9.84 Å². The highest BCUT2D eigenvalue weighted by atomic mass is 32.2. The summed E-state index contributed by atoms with van der Waals surface area (Å²) in [7, 11) is -3.75. The number of benzene rings is 3. The molecule has 5 heteroatoms. The third kappa shape index (κ3) is 4.63. The van der Waals surface area contributed by atoms with Crippen LogP contribution >= 0.6 is 0 Å². The fourth-order valence-electron chi connectivity index (χ4n) is 5.11. The van der Waals surface area contributed by atoms with E-state index in [4.69, 9.17) is 4.74 Å². The van der Waals surface area contributed by atoms with Crippen LogP contribution in [0.15, 0.2) is 58.3 Å². The van der Waals surface area contributed by atoms with Crippen molar-refractivity contribution in [3.63, 3.8) is 0 Å². The number of ether oxygens (including phenoxy) is 1. The monoisotopic (exact) mass is 492 g/mol. The number of carbonyl (C=O) groups is 1. The zero-order valence-corrected chi connectivity index (χ0v) is 22.5. The molecule has 0 bridgehead atoms. The lowest BCUT2D eigenvalue weighted by molar-refractivity contribution is 0.0502. The first-order valence-electron chi connectivity index (χ1n) is 12.5. The number of sulfone groups is 1. The molecule has 0 amide bonds. The van der Waals surface area contributed by atoms with Gasteiger partial charge in [-0.25, -0.2) is 13.2 Å². The molecule has 0 N–H and O–H groups in total. The summed E-state index contributed by atoms with van der Waals surface area (Å²) in [5, 5.41) is 1.39. The van der Waals surface area contributed by atoms with Crippen LogP contribution < -0.4 is 0 Å². The van der Waals surface area contributed by atoms with Crippen molar-refractivity contribution in [2.24, 2.45) is 0 Å². The highest BCUT2D eigenvalue weighted by Gasteiger charge is 2.38. The average molecular weight is 493 g/mol. The number of aryl methyl sites for hydroxylation is 1. The first kappa shape index (κ1) is 25.4. The van der Waals surface area contributed by atoms with E-state index in [2.05, 4.69) is 33.8 Å². The second-order valence-electron chi connectivity index (χ2n) is 11.1. The molecule has 0 spiro atoms. The first-order chi connectivity index (χ1) is 16.4. The van der Waals surface area contributed by atoms with Crippen LogP contribution in [0.3, 0.4) is 0 Å². The van der Waals surface area contributed by atoms with Gasteiger partial charge >= 0.3 is 5.97 Å². The van der Waals surface area contributed by atoms with Gasteiger partial charge in [-0.15, -0.1) is 0 Å². The van der Waals surface area contributed by atoms with Gasteiger partial charge in [0.1, 0.15) is 0 Å². The Balaban J connectivity index is 1.79. The van der Waals surface area contributed by atoms with Crippen LogP contribution in [0.2, 0.25) is 0 Å². The highest BCUT2D eigenvalue weighted by Crippen LogP contribution is 2.47. The number of hydrogen-bond donors (Lipinski definition) is 0. The molecule has 4 rings (SSSR count). The van der Waals surface area contributed by atoms with Gasteiger partial charge in [0, 0.05) is 0 Å². The van der Waals surface area contributed by atoms with Crippen molar-refractivity contribution in [1.29, 1.82) is 0 Å². The lowest BCUT2D eigenvalue weighted by Crippen LogP contribution is -2.34. The van der Waals surface area contributed by atoms with Crippen molar-refractivity contribution in [3.8, 4) is 0 Å². The highest BCUT2D eigenvalue weighted by molar-refractivity contribution is 7.91. The molecule has 0 fully saturated rings. The molecule has 35 heavy (non-hydrogen) atoms. The van der Waals surface area contributed by atoms with Crippen molar-refractivity contribution in [2.75, 3.05) is 6.61 Å². The smallest absolute Gasteiger partial charge is 0.338 e. The minimum atomic E-state index is -3.75. The molecule has 0 saturated heterocycles. The summed E-state index contributed by atoms with van der Waals surface area (Å²) in [5.74, 6) is -0.380. The molecule has 0 unspecified atom stereocenters. The largest absolute Gasteiger partial charge is 0.462 e. The minimum Gasteiger partial charge on any atom is -0.462 e. The summed E-state index contributed by atoms with van der Waals surface area (Å²) in [5.41, 5.74) is 3.52. The fraction of sp³-hybridized carbons (Fsp3) is 0.433. The van der Waals surface area contributed by atoms with Crippen molar-refractivity contribution in [3.05, 3.63) is 70.8 Å². The van der Waals surface area contributed by atoms with Crippen LogP contribution in [0, 0.1) is 6.92 Å². The van der Waals surface area contributed by atoms with Crippen molar-refractivity contribution >= 4 is 26.6 Å². The molecular weight excluding hydrogens is 456 g/mol. The maximum Gasteiger partial charge on any atom is 0.338 e. The van der Waals surface area contributed by atoms with Crippen LogP contribution in [0.4, 0.5) is 0 Å². The van der Waals surface area contributed by atoms with E-state index in [0.717, 1.165) is 36.8 Å². The number of esters is 1. The Hall–Kier alpha value is -2.66. The van der Waals surface area contributed by atoms with E-state index in [1.54, 1.807) is 30.3 Å². The lowest BCUT2D eigenvalue weighted by Gasteiger charge is -2.42. The van der Waals surface area contributed by atoms with Crippen molar-refractivity contribution < 1.29 is 17.9 Å². The van der Waals surface area contributed by atoms with Gasteiger partial charge in [-0.1, -0.05) is 65.3 Å². The number of rotatable bonds is 6. The van der Waals surface area contributed by atoms with Gasteiger partial charge in [-0.3, -0.25) is 0 Å². The van der Waals surface area contributed by atoms with E-state index in [9.17, 15) is 13.2 Å². The van der Waals surface area contributed by atoms with Crippen LogP contribution in [-0.2, 0) is 25.4 Å². The number of fused-ring (bicyclic) bond motifs is 2. The van der Waals surface area contributed by atoms with Crippen LogP contribution in [0.5, 0.6) is 0 Å². The third-order valence-corrected chi connectivity index (χ3v) is 9.44. The minimum absolute atomic E-state index is 0.0169. The number of carbonyl (C=O) groups excluding carboxylic acids is 1. The molecule has 0 radical (unpaired) electrons. The topological polar surface area (TPSA) is 60.4 Å². The SMILES string of the molecule is CCCCOC(=O)c1cccc2cc(S(=O)(=O)c3cc4c(cc3C)C(C)(C)CCC4(C)C)ccc12. The predicted octanol–water partition coefficient (Wildman–Crippen LogP) is 7.29. The summed E-state index contributed by atoms with van der Waals surface area (Å²) in [6.45, 7) is 13.2. The Bertz CT molecular complexity index is 1400. The second kappa shape index (κ2) is 9.09. The molecule has 0 aliphatic heterocycles.